The Labute approximate surface area is 408 Å². The van der Waals surface area contributed by atoms with Crippen LogP contribution in [0.1, 0.15) is 55.2 Å². The van der Waals surface area contributed by atoms with E-state index in [1.807, 2.05) is 54.6 Å². The highest BCUT2D eigenvalue weighted by molar-refractivity contribution is 7.59. The fourth-order valence-electron chi connectivity index (χ4n) is 7.08. The summed E-state index contributed by atoms with van der Waals surface area (Å²) in [4.78, 5) is 77.5. The number of nitrogens with one attached hydrogen (secondary N) is 2. The predicted octanol–water partition coefficient (Wildman–Crippen LogP) is 5.09. The number of hydrogen-bond donors (Lipinski definition) is 6. The number of aliphatic carboxylic acids is 3. The van der Waals surface area contributed by atoms with Crippen molar-refractivity contribution in [1.29, 1.82) is 0 Å². The molecule has 0 bridgehead atoms. The van der Waals surface area contributed by atoms with Gasteiger partial charge in [-0.15, -0.1) is 0 Å². The third-order valence-electron chi connectivity index (χ3n) is 10.8. The maximum Gasteiger partial charge on any atom is 0.309 e. The summed E-state index contributed by atoms with van der Waals surface area (Å²) in [6.45, 7) is 2.94. The van der Waals surface area contributed by atoms with Crippen molar-refractivity contribution in [3.05, 3.63) is 108 Å². The van der Waals surface area contributed by atoms with E-state index in [2.05, 4.69) is 56.5 Å². The molecule has 3 aromatic rings. The number of ether oxygens (including phenoxy) is 5. The molecule has 0 aliphatic carbocycles. The van der Waals surface area contributed by atoms with Crippen LogP contribution in [0.5, 0.6) is 0 Å². The van der Waals surface area contributed by atoms with Crippen molar-refractivity contribution in [2.24, 2.45) is 11.8 Å². The smallest absolute Gasteiger partial charge is 0.309 e. The number of amides is 1. The third kappa shape index (κ3) is 23.5. The Bertz CT molecular complexity index is 2030. The molecule has 3 rings (SSSR count). The number of carboxylic acid groups (broad SMARTS) is 3. The first-order valence-electron chi connectivity index (χ1n) is 22.6. The number of methoxy groups -OCH3 is 2. The molecule has 0 fully saturated rings. The third-order valence-corrected chi connectivity index (χ3v) is 15.3. The summed E-state index contributed by atoms with van der Waals surface area (Å²) in [5.74, 6) is -7.28. The van der Waals surface area contributed by atoms with Crippen molar-refractivity contribution in [3.63, 3.8) is 0 Å². The number of esters is 2. The van der Waals surface area contributed by atoms with Gasteiger partial charge in [-0.05, 0) is 29.5 Å². The summed E-state index contributed by atoms with van der Waals surface area (Å²) in [7, 11) is -3.60. The Morgan fingerprint density at radius 3 is 1.49 bits per heavy atom. The molecule has 0 radical (unpaired) electrons. The van der Waals surface area contributed by atoms with Gasteiger partial charge >= 0.3 is 29.8 Å². The summed E-state index contributed by atoms with van der Waals surface area (Å²) < 4.78 is 55.7. The Balaban J connectivity index is 0.000000671. The molecule has 20 nitrogen and oxygen atoms in total. The molecule has 4 atom stereocenters. The summed E-state index contributed by atoms with van der Waals surface area (Å²) in [5.41, 5.74) is 2.83. The zero-order chi connectivity index (χ0) is 51.8. The van der Waals surface area contributed by atoms with Gasteiger partial charge in [0.05, 0.1) is 77.7 Å². The van der Waals surface area contributed by atoms with Gasteiger partial charge in [-0.1, -0.05) is 91.0 Å². The molecule has 22 heteroatoms. The minimum Gasteiger partial charge on any atom is -0.481 e. The van der Waals surface area contributed by atoms with Crippen molar-refractivity contribution in [2.45, 2.75) is 44.1 Å². The van der Waals surface area contributed by atoms with Crippen LogP contribution in [-0.2, 0) is 71.6 Å². The van der Waals surface area contributed by atoms with E-state index in [0.717, 1.165) is 16.7 Å². The van der Waals surface area contributed by atoms with Crippen LogP contribution >= 0.6 is 14.7 Å². The lowest BCUT2D eigenvalue weighted by molar-refractivity contribution is -0.146. The molecule has 0 saturated carbocycles. The zero-order valence-electron chi connectivity index (χ0n) is 39.9. The Morgan fingerprint density at radius 2 is 1.04 bits per heavy atom. The van der Waals surface area contributed by atoms with Crippen molar-refractivity contribution in [1.82, 2.24) is 10.6 Å². The molecule has 3 aromatic carbocycles. The van der Waals surface area contributed by atoms with Crippen molar-refractivity contribution in [2.75, 3.05) is 98.7 Å². The monoisotopic (exact) mass is 1020 g/mol. The highest BCUT2D eigenvalue weighted by atomic mass is 31.2. The Kier molecular flexibility index (Phi) is 28.9. The van der Waals surface area contributed by atoms with Crippen molar-refractivity contribution >= 4 is 50.5 Å². The summed E-state index contributed by atoms with van der Waals surface area (Å²) in [6.07, 6.45) is -2.51. The van der Waals surface area contributed by atoms with Gasteiger partial charge in [0.25, 0.3) is 0 Å². The molecule has 0 aliphatic rings. The van der Waals surface area contributed by atoms with Gasteiger partial charge in [-0.25, -0.2) is 0 Å². The zero-order valence-corrected chi connectivity index (χ0v) is 41.7. The van der Waals surface area contributed by atoms with E-state index in [9.17, 15) is 47.9 Å². The van der Waals surface area contributed by atoms with Crippen LogP contribution in [0.25, 0.3) is 0 Å². The second-order valence-electron chi connectivity index (χ2n) is 15.8. The summed E-state index contributed by atoms with van der Waals surface area (Å²) in [5, 5.41) is 32.9. The predicted molar refractivity (Wildman–Crippen MR) is 258 cm³/mol. The Hall–Kier alpha value is -5.30. The fraction of sp³-hybridized carbons (Fsp3) is 0.500. The molecule has 388 valence electrons. The lowest BCUT2D eigenvalue weighted by Gasteiger charge is -2.37. The van der Waals surface area contributed by atoms with Gasteiger partial charge < -0.3 is 53.7 Å². The summed E-state index contributed by atoms with van der Waals surface area (Å²) >= 11 is 0. The number of rotatable bonds is 35. The topological polar surface area (TPSA) is 297 Å². The fourth-order valence-corrected chi connectivity index (χ4v) is 10.9. The van der Waals surface area contributed by atoms with Crippen LogP contribution in [0, 0.1) is 11.8 Å². The van der Waals surface area contributed by atoms with Gasteiger partial charge in [0.2, 0.25) is 20.6 Å². The molecule has 1 amide bonds. The molecule has 0 heterocycles. The van der Waals surface area contributed by atoms with Crippen molar-refractivity contribution < 1.29 is 86.3 Å². The highest BCUT2D eigenvalue weighted by Crippen LogP contribution is 2.49. The van der Waals surface area contributed by atoms with E-state index >= 15 is 0 Å². The van der Waals surface area contributed by atoms with Gasteiger partial charge in [-0.3, -0.25) is 43.2 Å². The molecule has 6 N–H and O–H groups in total. The van der Waals surface area contributed by atoms with Crippen LogP contribution in [0.2, 0.25) is 0 Å². The van der Waals surface area contributed by atoms with Crippen LogP contribution in [0.4, 0.5) is 0 Å². The van der Waals surface area contributed by atoms with Crippen LogP contribution in [0.15, 0.2) is 91.0 Å². The Morgan fingerprint density at radius 1 is 0.571 bits per heavy atom. The molecule has 70 heavy (non-hydrogen) atoms. The number of hydrogen-bond acceptors (Lipinski definition) is 15. The molecule has 0 aliphatic heterocycles. The van der Waals surface area contributed by atoms with Gasteiger partial charge in [0.15, 0.2) is 0 Å². The number of carboxylic acids is 3. The first kappa shape index (κ1) is 60.8. The minimum absolute atomic E-state index is 0.0289. The summed E-state index contributed by atoms with van der Waals surface area (Å²) in [6, 6.07) is 31.1. The van der Waals surface area contributed by atoms with E-state index in [-0.39, 0.29) is 57.6 Å². The second kappa shape index (κ2) is 33.3. The molecule has 0 aromatic heterocycles. The number of carbonyl (C=O) groups is 6. The van der Waals surface area contributed by atoms with E-state index < -0.39 is 86.6 Å². The van der Waals surface area contributed by atoms with Crippen molar-refractivity contribution in [3.8, 4) is 0 Å². The SMILES string of the molecule is COC(=O)CCC(CP(=O)(CCC(=O)O)OC)C(=O)OC.O=C(O)CCC(CP(=O)(O)CCC(=O)NCCOCCOCCOCCNC(c1ccccc1)(c1ccccc1)c1ccccc1)C(=O)O. The van der Waals surface area contributed by atoms with Crippen LogP contribution in [0.3, 0.4) is 0 Å². The lowest BCUT2D eigenvalue weighted by atomic mass is 9.77. The minimum atomic E-state index is -3.93. The molecule has 0 saturated heterocycles. The van der Waals surface area contributed by atoms with Gasteiger partial charge in [0.1, 0.15) is 0 Å². The molecule has 0 spiro atoms. The maximum atomic E-state index is 12.4. The average molecular weight is 1020 g/mol. The molecular weight excluding hydrogens is 954 g/mol. The van der Waals surface area contributed by atoms with E-state index in [1.54, 1.807) is 0 Å². The maximum absolute atomic E-state index is 12.4. The number of benzene rings is 3. The molecular formula is C48H68N2O18P2. The molecule has 4 unspecified atom stereocenters. The standard InChI is InChI=1S/C36H47N2O10P.C12H21O8P/c39-33(18-27-49(44,45)28-29(35(42)43)16-17-34(40)41)37-19-21-46-23-25-48-26-24-47-22-20-38-36(30-10-4-1-5-11-30,31-12-6-2-7-13-31)32-14-8-3-9-15-32;1-18-11(15)5-4-9(12(16)19-2)8-21(17,20-3)7-6-10(13)14/h1-15,29,38H,16-28H2,(H,37,39)(H,40,41)(H,42,43)(H,44,45);9H,4-8H2,1-3H3,(H,13,14). The highest BCUT2D eigenvalue weighted by Gasteiger charge is 2.36. The second-order valence-corrected chi connectivity index (χ2v) is 21.1. The first-order valence-corrected chi connectivity index (χ1v) is 26.6. The van der Waals surface area contributed by atoms with Gasteiger partial charge in [0, 0.05) is 64.1 Å². The van der Waals surface area contributed by atoms with Crippen LogP contribution < -0.4 is 10.6 Å². The lowest BCUT2D eigenvalue weighted by Crippen LogP contribution is -2.46. The van der Waals surface area contributed by atoms with E-state index in [4.69, 9.17) is 28.9 Å². The quantitative estimate of drug-likeness (QED) is 0.0194. The van der Waals surface area contributed by atoms with E-state index in [1.165, 1.54) is 21.3 Å². The van der Waals surface area contributed by atoms with Gasteiger partial charge in [-0.2, -0.15) is 0 Å². The average Bonchev–Trinajstić information content (AvgIpc) is 3.36. The number of carbonyl (C=O) groups excluding carboxylic acids is 3. The van der Waals surface area contributed by atoms with Crippen LogP contribution in [-0.4, -0.2) is 155 Å². The largest absolute Gasteiger partial charge is 0.481 e. The van der Waals surface area contributed by atoms with E-state index in [0.29, 0.717) is 39.6 Å². The normalized spacial score (nSPS) is 13.8. The first-order chi connectivity index (χ1) is 33.4.